The van der Waals surface area contributed by atoms with Gasteiger partial charge in [0.2, 0.25) is 0 Å². The maximum Gasteiger partial charge on any atom is 0.416 e. The van der Waals surface area contributed by atoms with E-state index in [1.807, 2.05) is 0 Å². The molecule has 41 heavy (non-hydrogen) atoms. The number of fused-ring (bicyclic) bond motifs is 1. The highest BCUT2D eigenvalue weighted by molar-refractivity contribution is 8.13. The van der Waals surface area contributed by atoms with Gasteiger partial charge in [-0.05, 0) is 55.5 Å². The predicted octanol–water partition coefficient (Wildman–Crippen LogP) is 6.01. The third-order valence-corrected chi connectivity index (χ3v) is 11.3. The summed E-state index contributed by atoms with van der Waals surface area (Å²) >= 11 is 0. The molecule has 1 fully saturated rings. The molecule has 2 heterocycles. The molecule has 4 rings (SSSR count). The number of piperidine rings is 1. The first-order chi connectivity index (χ1) is 19.2. The van der Waals surface area contributed by atoms with Crippen LogP contribution in [0.3, 0.4) is 0 Å². The van der Waals surface area contributed by atoms with Gasteiger partial charge >= 0.3 is 6.18 Å². The Labute approximate surface area is 240 Å². The molecular weight excluding hydrogens is 601 g/mol. The molecule has 0 aliphatic carbocycles. The molecule has 0 N–H and O–H groups in total. The summed E-state index contributed by atoms with van der Waals surface area (Å²) in [6.45, 7) is 7.46. The second-order valence-corrected chi connectivity index (χ2v) is 14.5. The summed E-state index contributed by atoms with van der Waals surface area (Å²) in [7, 11) is -3.10. The van der Waals surface area contributed by atoms with Crippen molar-refractivity contribution in [2.75, 3.05) is 13.1 Å². The zero-order valence-corrected chi connectivity index (χ0v) is 24.0. The van der Waals surface area contributed by atoms with Crippen LogP contribution in [0.5, 0.6) is 0 Å². The Balaban J connectivity index is 1.67. The molecule has 0 radical (unpaired) electrons. The number of pyridine rings is 1. The number of carbonyl (C=O) groups is 1. The lowest BCUT2D eigenvalue weighted by Gasteiger charge is -2.42. The van der Waals surface area contributed by atoms with Crippen LogP contribution in [0.25, 0.3) is 10.9 Å². The lowest BCUT2D eigenvalue weighted by atomic mass is 9.81. The largest absolute Gasteiger partial charge is 0.416 e. The lowest BCUT2D eigenvalue weighted by Crippen LogP contribution is -2.50. The van der Waals surface area contributed by atoms with Crippen LogP contribution in [0.1, 0.15) is 35.3 Å². The summed E-state index contributed by atoms with van der Waals surface area (Å²) in [5.74, 6) is -1.33. The van der Waals surface area contributed by atoms with Crippen LogP contribution < -0.4 is 0 Å². The second kappa shape index (κ2) is 11.2. The Hall–Kier alpha value is -3.22. The van der Waals surface area contributed by atoms with Gasteiger partial charge in [0.25, 0.3) is 15.0 Å². The Morgan fingerprint density at radius 1 is 1.02 bits per heavy atom. The minimum absolute atomic E-state index is 0.0324. The molecule has 3 aromatic rings. The zero-order chi connectivity index (χ0) is 30.2. The third-order valence-electron chi connectivity index (χ3n) is 7.41. The van der Waals surface area contributed by atoms with Crippen molar-refractivity contribution >= 4 is 46.4 Å². The van der Waals surface area contributed by atoms with Gasteiger partial charge in [-0.15, -0.1) is 13.2 Å². The molecule has 1 aromatic heterocycles. The van der Waals surface area contributed by atoms with Gasteiger partial charge < -0.3 is 4.90 Å². The molecule has 1 aliphatic heterocycles. The van der Waals surface area contributed by atoms with Gasteiger partial charge in [-0.1, -0.05) is 36.4 Å². The highest BCUT2D eigenvalue weighted by Gasteiger charge is 2.49. The van der Waals surface area contributed by atoms with Crippen LogP contribution >= 0.6 is 10.7 Å². The summed E-state index contributed by atoms with van der Waals surface area (Å²) in [5, 5.41) is 0.474. The number of para-hydroxylation sites is 1. The van der Waals surface area contributed by atoms with Crippen LogP contribution in [-0.2, 0) is 25.1 Å². The maximum atomic E-state index is 13.9. The number of aromatic nitrogens is 1. The molecule has 1 atom stereocenters. The molecule has 218 valence electrons. The van der Waals surface area contributed by atoms with E-state index in [4.69, 9.17) is 10.7 Å². The average Bonchev–Trinajstić information content (AvgIpc) is 2.94. The summed E-state index contributed by atoms with van der Waals surface area (Å²) in [4.78, 5) is 18.2. The molecule has 0 spiro atoms. The van der Waals surface area contributed by atoms with E-state index in [9.17, 15) is 34.8 Å². The molecule has 1 saturated heterocycles. The molecule has 7 nitrogen and oxygen atoms in total. The fourth-order valence-corrected chi connectivity index (χ4v) is 8.49. The number of amides is 1. The first-order valence-corrected chi connectivity index (χ1v) is 16.2. The zero-order valence-electron chi connectivity index (χ0n) is 21.6. The van der Waals surface area contributed by atoms with E-state index < -0.39 is 57.0 Å². The number of alkyl halides is 3. The van der Waals surface area contributed by atoms with Gasteiger partial charge in [-0.2, -0.15) is 13.2 Å². The van der Waals surface area contributed by atoms with Crippen molar-refractivity contribution in [1.82, 2.24) is 9.88 Å². The Bertz CT molecular complexity index is 1730. The van der Waals surface area contributed by atoms with Gasteiger partial charge in [0.15, 0.2) is 9.84 Å². The number of hydrogen-bond donors (Lipinski definition) is 0. The molecule has 1 aliphatic rings. The summed E-state index contributed by atoms with van der Waals surface area (Å²) in [5.41, 5.74) is -1.06. The van der Waals surface area contributed by atoms with Crippen LogP contribution in [0, 0.1) is 5.92 Å². The number of sulfone groups is 1. The van der Waals surface area contributed by atoms with Crippen LogP contribution in [-0.4, -0.2) is 50.5 Å². The number of hydrogen-bond acceptors (Lipinski definition) is 6. The molecule has 2 aromatic carbocycles. The van der Waals surface area contributed by atoms with Crippen molar-refractivity contribution in [1.29, 1.82) is 0 Å². The number of rotatable bonds is 8. The summed E-state index contributed by atoms with van der Waals surface area (Å²) in [6, 6.07) is 11.5. The van der Waals surface area contributed by atoms with Gasteiger partial charge in [-0.3, -0.25) is 4.79 Å². The smallest absolute Gasteiger partial charge is 0.337 e. The van der Waals surface area contributed by atoms with E-state index in [2.05, 4.69) is 18.1 Å². The highest BCUT2D eigenvalue weighted by Crippen LogP contribution is 2.43. The maximum absolute atomic E-state index is 13.9. The summed E-state index contributed by atoms with van der Waals surface area (Å²) in [6.07, 6.45) is -1.97. The number of benzene rings is 2. The number of carbonyl (C=O) groups excluding carboxylic acids is 1. The number of halogens is 4. The molecular formula is C28H26ClF3N2O5S2. The molecule has 1 amide bonds. The van der Waals surface area contributed by atoms with Crippen molar-refractivity contribution in [2.24, 2.45) is 5.92 Å². The van der Waals surface area contributed by atoms with Gasteiger partial charge in [-0.25, -0.2) is 21.8 Å². The van der Waals surface area contributed by atoms with Crippen LogP contribution in [0.15, 0.2) is 89.7 Å². The Kier molecular flexibility index (Phi) is 8.41. The first kappa shape index (κ1) is 30.7. The monoisotopic (exact) mass is 626 g/mol. The molecule has 13 heteroatoms. The number of allylic oxidation sites excluding steroid dienone is 1. The topological polar surface area (TPSA) is 101 Å². The van der Waals surface area contributed by atoms with Crippen molar-refractivity contribution in [3.8, 4) is 0 Å². The Morgan fingerprint density at radius 3 is 2.27 bits per heavy atom. The van der Waals surface area contributed by atoms with E-state index in [-0.39, 0.29) is 38.0 Å². The van der Waals surface area contributed by atoms with E-state index >= 15 is 0 Å². The van der Waals surface area contributed by atoms with Crippen molar-refractivity contribution < 1.29 is 34.8 Å². The lowest BCUT2D eigenvalue weighted by molar-refractivity contribution is -0.137. The van der Waals surface area contributed by atoms with Crippen molar-refractivity contribution in [2.45, 2.75) is 40.0 Å². The van der Waals surface area contributed by atoms with E-state index in [0.29, 0.717) is 17.0 Å². The fraction of sp³-hybridized carbons (Fsp3) is 0.286. The standard InChI is InChI=1S/C28H26ClF3N2O5S2/c1-3-14-27(4-2,40(36,37)22-10-7-9-21(18-22)28(30,31)32)20-12-15-34(16-13-20)26(35)25-24(41(29,38)39)17-19-8-5-6-11-23(19)33-25/h3-11,17-18,20H,1-2,12-16H2. The first-order valence-electron chi connectivity index (χ1n) is 12.5. The van der Waals surface area contributed by atoms with Crippen molar-refractivity contribution in [3.05, 3.63) is 91.2 Å². The minimum Gasteiger partial charge on any atom is -0.337 e. The number of likely N-dealkylation sites (tertiary alicyclic amines) is 1. The average molecular weight is 627 g/mol. The molecule has 1 unspecified atom stereocenters. The highest BCUT2D eigenvalue weighted by atomic mass is 35.7. The fourth-order valence-electron chi connectivity index (χ4n) is 5.30. The van der Waals surface area contributed by atoms with Gasteiger partial charge in [0.1, 0.15) is 15.3 Å². The Morgan fingerprint density at radius 2 is 1.68 bits per heavy atom. The number of nitrogens with zero attached hydrogens (tertiary/aromatic N) is 2. The minimum atomic E-state index is -4.74. The normalized spacial score (nSPS) is 16.7. The molecule has 0 bridgehead atoms. The second-order valence-electron chi connectivity index (χ2n) is 9.71. The summed E-state index contributed by atoms with van der Waals surface area (Å²) < 4.78 is 90.8. The molecule has 0 saturated carbocycles. The predicted molar refractivity (Wildman–Crippen MR) is 150 cm³/mol. The van der Waals surface area contributed by atoms with Crippen LogP contribution in [0.2, 0.25) is 0 Å². The van der Waals surface area contributed by atoms with Crippen molar-refractivity contribution in [3.63, 3.8) is 0 Å². The quantitative estimate of drug-likeness (QED) is 0.224. The third kappa shape index (κ3) is 5.77. The SMILES string of the molecule is C=CCC(C=C)(C1CCN(C(=O)c2nc3ccccc3cc2S(=O)(=O)Cl)CC1)S(=O)(=O)c1cccc(C(F)(F)F)c1. The van der Waals surface area contributed by atoms with Gasteiger partial charge in [0, 0.05) is 29.2 Å². The van der Waals surface area contributed by atoms with E-state index in [1.54, 1.807) is 24.3 Å². The van der Waals surface area contributed by atoms with Gasteiger partial charge in [0.05, 0.1) is 16.0 Å². The van der Waals surface area contributed by atoms with Crippen LogP contribution in [0.4, 0.5) is 13.2 Å². The van der Waals surface area contributed by atoms with E-state index in [0.717, 1.165) is 18.2 Å². The van der Waals surface area contributed by atoms with E-state index in [1.165, 1.54) is 23.1 Å².